The lowest BCUT2D eigenvalue weighted by molar-refractivity contribution is 0.346. The minimum atomic E-state index is 0. The van der Waals surface area contributed by atoms with Gasteiger partial charge in [0.2, 0.25) is 0 Å². The van der Waals surface area contributed by atoms with E-state index in [9.17, 15) is 0 Å². The van der Waals surface area contributed by atoms with Crippen molar-refractivity contribution in [1.82, 2.24) is 25.4 Å². The quantitative estimate of drug-likeness (QED) is 0.446. The Morgan fingerprint density at radius 2 is 2.10 bits per heavy atom. The summed E-state index contributed by atoms with van der Waals surface area (Å²) in [5.74, 6) is 1.68. The fraction of sp³-hybridized carbons (Fsp3) is 0.786. The van der Waals surface area contributed by atoms with Crippen molar-refractivity contribution in [2.24, 2.45) is 17.5 Å². The maximum atomic E-state index is 4.24. The van der Waals surface area contributed by atoms with Gasteiger partial charge in [0.25, 0.3) is 0 Å². The van der Waals surface area contributed by atoms with Gasteiger partial charge >= 0.3 is 0 Å². The van der Waals surface area contributed by atoms with E-state index in [0.29, 0.717) is 18.0 Å². The van der Waals surface area contributed by atoms with Crippen LogP contribution in [-0.4, -0.2) is 33.8 Å². The first-order chi connectivity index (χ1) is 9.31. The first-order valence-electron chi connectivity index (χ1n) is 7.12. The van der Waals surface area contributed by atoms with Crippen LogP contribution in [0.3, 0.4) is 0 Å². The number of hydrogen-bond donors (Lipinski definition) is 2. The molecule has 1 heterocycles. The van der Waals surface area contributed by atoms with E-state index in [1.807, 2.05) is 11.6 Å². The van der Waals surface area contributed by atoms with Crippen molar-refractivity contribution in [3.8, 4) is 0 Å². The summed E-state index contributed by atoms with van der Waals surface area (Å²) >= 11 is 0. The minimum absolute atomic E-state index is 0. The first-order valence-corrected chi connectivity index (χ1v) is 7.12. The summed E-state index contributed by atoms with van der Waals surface area (Å²) in [6, 6.07) is 0.389. The van der Waals surface area contributed by atoms with E-state index in [1.54, 1.807) is 13.4 Å². The molecule has 0 fully saturated rings. The lowest BCUT2D eigenvalue weighted by atomic mass is 9.89. The van der Waals surface area contributed by atoms with Crippen molar-refractivity contribution in [1.29, 1.82) is 0 Å². The molecule has 122 valence electrons. The van der Waals surface area contributed by atoms with Crippen molar-refractivity contribution in [2.75, 3.05) is 7.05 Å². The first kappa shape index (κ1) is 20.1. The fourth-order valence-electron chi connectivity index (χ4n) is 1.78. The zero-order valence-electron chi connectivity index (χ0n) is 14.0. The second-order valence-corrected chi connectivity index (χ2v) is 6.43. The van der Waals surface area contributed by atoms with Gasteiger partial charge in [-0.15, -0.1) is 34.2 Å². The van der Waals surface area contributed by atoms with E-state index in [1.165, 1.54) is 6.42 Å². The molecular weight excluding hydrogens is 379 g/mol. The molecule has 0 aliphatic carbocycles. The molecule has 6 nitrogen and oxygen atoms in total. The zero-order chi connectivity index (χ0) is 15.2. The Morgan fingerprint density at radius 1 is 1.43 bits per heavy atom. The van der Waals surface area contributed by atoms with Crippen molar-refractivity contribution in [2.45, 2.75) is 53.1 Å². The Bertz CT molecular complexity index is 435. The molecule has 0 amide bonds. The van der Waals surface area contributed by atoms with Gasteiger partial charge in [0.1, 0.15) is 6.33 Å². The molecule has 21 heavy (non-hydrogen) atoms. The average Bonchev–Trinajstić information content (AvgIpc) is 2.77. The van der Waals surface area contributed by atoms with Crippen LogP contribution in [-0.2, 0) is 13.6 Å². The molecule has 1 atom stereocenters. The molecule has 0 radical (unpaired) electrons. The van der Waals surface area contributed by atoms with E-state index in [4.69, 9.17) is 0 Å². The highest BCUT2D eigenvalue weighted by Gasteiger charge is 2.13. The zero-order valence-corrected chi connectivity index (χ0v) is 16.3. The molecule has 0 spiro atoms. The second-order valence-electron chi connectivity index (χ2n) is 6.43. The molecule has 7 heteroatoms. The van der Waals surface area contributed by atoms with Crippen LogP contribution in [0.5, 0.6) is 0 Å². The molecule has 2 N–H and O–H groups in total. The monoisotopic (exact) mass is 408 g/mol. The lowest BCUT2D eigenvalue weighted by Crippen LogP contribution is -2.42. The number of aromatic nitrogens is 3. The van der Waals surface area contributed by atoms with Crippen LogP contribution in [0.2, 0.25) is 0 Å². The Hall–Kier alpha value is -0.860. The van der Waals surface area contributed by atoms with Gasteiger partial charge in [-0.1, -0.05) is 20.8 Å². The molecular formula is C14H29IN6. The van der Waals surface area contributed by atoms with E-state index in [-0.39, 0.29) is 24.0 Å². The van der Waals surface area contributed by atoms with Gasteiger partial charge in [-0.3, -0.25) is 4.99 Å². The molecule has 1 aromatic heterocycles. The average molecular weight is 408 g/mol. The summed E-state index contributed by atoms with van der Waals surface area (Å²) in [6.07, 6.45) is 3.99. The van der Waals surface area contributed by atoms with E-state index in [0.717, 1.165) is 18.2 Å². The van der Waals surface area contributed by atoms with Crippen molar-refractivity contribution < 1.29 is 0 Å². The largest absolute Gasteiger partial charge is 0.354 e. The fourth-order valence-corrected chi connectivity index (χ4v) is 1.78. The van der Waals surface area contributed by atoms with Crippen LogP contribution in [0.1, 0.15) is 46.4 Å². The number of nitrogens with zero attached hydrogens (tertiary/aromatic N) is 4. The molecule has 0 saturated heterocycles. The lowest BCUT2D eigenvalue weighted by Gasteiger charge is -2.23. The van der Waals surface area contributed by atoms with Crippen molar-refractivity contribution in [3.63, 3.8) is 0 Å². The highest BCUT2D eigenvalue weighted by Crippen LogP contribution is 2.21. The highest BCUT2D eigenvalue weighted by molar-refractivity contribution is 14.0. The maximum Gasteiger partial charge on any atom is 0.191 e. The predicted octanol–water partition coefficient (Wildman–Crippen LogP) is 2.31. The number of halogens is 1. The van der Waals surface area contributed by atoms with Crippen LogP contribution in [0.15, 0.2) is 11.3 Å². The minimum Gasteiger partial charge on any atom is -0.354 e. The number of hydrogen-bond acceptors (Lipinski definition) is 3. The van der Waals surface area contributed by atoms with Gasteiger partial charge in [0, 0.05) is 20.1 Å². The van der Waals surface area contributed by atoms with Crippen molar-refractivity contribution in [3.05, 3.63) is 12.2 Å². The van der Waals surface area contributed by atoms with E-state index in [2.05, 4.69) is 53.5 Å². The summed E-state index contributed by atoms with van der Waals surface area (Å²) in [6.45, 7) is 9.59. The highest BCUT2D eigenvalue weighted by atomic mass is 127. The third-order valence-corrected chi connectivity index (χ3v) is 3.15. The second kappa shape index (κ2) is 9.22. The van der Waals surface area contributed by atoms with Crippen LogP contribution < -0.4 is 10.6 Å². The van der Waals surface area contributed by atoms with Crippen LogP contribution in [0.4, 0.5) is 0 Å². The number of aryl methyl sites for hydroxylation is 1. The topological polar surface area (TPSA) is 67.1 Å². The van der Waals surface area contributed by atoms with Gasteiger partial charge in [0.05, 0.1) is 6.54 Å². The van der Waals surface area contributed by atoms with E-state index < -0.39 is 0 Å². The molecule has 0 aliphatic heterocycles. The predicted molar refractivity (Wildman–Crippen MR) is 97.9 cm³/mol. The van der Waals surface area contributed by atoms with Gasteiger partial charge in [-0.05, 0) is 25.2 Å². The molecule has 0 aromatic carbocycles. The third kappa shape index (κ3) is 8.23. The number of rotatable bonds is 5. The smallest absolute Gasteiger partial charge is 0.191 e. The van der Waals surface area contributed by atoms with Crippen LogP contribution >= 0.6 is 24.0 Å². The molecule has 0 aliphatic rings. The Balaban J connectivity index is 0.00000400. The summed E-state index contributed by atoms with van der Waals surface area (Å²) in [4.78, 5) is 4.24. The van der Waals surface area contributed by atoms with Gasteiger partial charge in [-0.2, -0.15) is 0 Å². The number of nitrogens with one attached hydrogen (secondary N) is 2. The summed E-state index contributed by atoms with van der Waals surface area (Å²) in [5, 5.41) is 14.6. The van der Waals surface area contributed by atoms with Gasteiger partial charge in [0.15, 0.2) is 11.8 Å². The summed E-state index contributed by atoms with van der Waals surface area (Å²) in [5.41, 5.74) is 0.367. The van der Waals surface area contributed by atoms with Crippen LogP contribution in [0.25, 0.3) is 0 Å². The SMILES string of the molecule is CN=C(NCc1nncn1C)NC(C)CCC(C)(C)C.I. The molecule has 1 aromatic rings. The molecule has 0 bridgehead atoms. The maximum absolute atomic E-state index is 4.24. The molecule has 0 saturated carbocycles. The van der Waals surface area contributed by atoms with E-state index >= 15 is 0 Å². The number of guanidine groups is 1. The summed E-state index contributed by atoms with van der Waals surface area (Å²) < 4.78 is 1.89. The molecule has 1 unspecified atom stereocenters. The van der Waals surface area contributed by atoms with Gasteiger partial charge < -0.3 is 15.2 Å². The van der Waals surface area contributed by atoms with Gasteiger partial charge in [-0.25, -0.2) is 0 Å². The standard InChI is InChI=1S/C14H28N6.HI/c1-11(7-8-14(2,3)4)18-13(15-5)16-9-12-19-17-10-20(12)6;/h10-11H,7-9H2,1-6H3,(H2,15,16,18);1H. The Kier molecular flexibility index (Phi) is 8.84. The normalized spacial score (nSPS) is 13.5. The molecule has 1 rings (SSSR count). The Morgan fingerprint density at radius 3 is 2.57 bits per heavy atom. The van der Waals surface area contributed by atoms with Crippen LogP contribution in [0, 0.1) is 5.41 Å². The van der Waals surface area contributed by atoms with Crippen molar-refractivity contribution >= 4 is 29.9 Å². The summed E-state index contributed by atoms with van der Waals surface area (Å²) in [7, 11) is 3.71. The third-order valence-electron chi connectivity index (χ3n) is 3.15. The number of aliphatic imine (C=N–C) groups is 1. The Labute approximate surface area is 145 Å².